The number of hydrogen-bond donors (Lipinski definition) is 2. The van der Waals surface area contributed by atoms with Gasteiger partial charge in [-0.05, 0) is 19.4 Å². The molecular weight excluding hydrogens is 192 g/mol. The molecule has 0 aromatic carbocycles. The van der Waals surface area contributed by atoms with Crippen LogP contribution in [-0.2, 0) is 14.8 Å². The SMILES string of the molecule is NS(=O)(=O)CC(=O)C1CCCNC1. The van der Waals surface area contributed by atoms with Gasteiger partial charge in [-0.3, -0.25) is 4.79 Å². The quantitative estimate of drug-likeness (QED) is 0.610. The first-order valence-electron chi connectivity index (χ1n) is 4.23. The summed E-state index contributed by atoms with van der Waals surface area (Å²) in [6, 6.07) is 0. The zero-order chi connectivity index (χ0) is 9.90. The highest BCUT2D eigenvalue weighted by Gasteiger charge is 2.23. The summed E-state index contributed by atoms with van der Waals surface area (Å²) >= 11 is 0. The molecule has 1 heterocycles. The Morgan fingerprint density at radius 2 is 2.23 bits per heavy atom. The molecule has 1 aliphatic heterocycles. The number of rotatable bonds is 3. The predicted octanol–water partition coefficient (Wildman–Crippen LogP) is -1.16. The number of Topliss-reactive ketones (excluding diaryl/α,β-unsaturated/α-hetero) is 1. The molecule has 76 valence electrons. The van der Waals surface area contributed by atoms with Crippen LogP contribution in [0.25, 0.3) is 0 Å². The van der Waals surface area contributed by atoms with E-state index in [0.29, 0.717) is 6.54 Å². The van der Waals surface area contributed by atoms with E-state index in [-0.39, 0.29) is 11.7 Å². The van der Waals surface area contributed by atoms with Crippen molar-refractivity contribution < 1.29 is 13.2 Å². The Kier molecular flexibility index (Phi) is 3.40. The maximum Gasteiger partial charge on any atom is 0.216 e. The molecule has 5 nitrogen and oxygen atoms in total. The van der Waals surface area contributed by atoms with Crippen LogP contribution in [0.2, 0.25) is 0 Å². The van der Waals surface area contributed by atoms with E-state index < -0.39 is 15.8 Å². The second-order valence-corrected chi connectivity index (χ2v) is 4.93. The summed E-state index contributed by atoms with van der Waals surface area (Å²) < 4.78 is 21.2. The van der Waals surface area contributed by atoms with Crippen molar-refractivity contribution >= 4 is 15.8 Å². The third-order valence-electron chi connectivity index (χ3n) is 2.10. The van der Waals surface area contributed by atoms with Crippen LogP contribution in [0.3, 0.4) is 0 Å². The molecule has 1 fully saturated rings. The maximum atomic E-state index is 11.3. The van der Waals surface area contributed by atoms with Gasteiger partial charge in [-0.1, -0.05) is 0 Å². The maximum absolute atomic E-state index is 11.3. The molecule has 1 unspecified atom stereocenters. The number of hydrogen-bond acceptors (Lipinski definition) is 4. The fraction of sp³-hybridized carbons (Fsp3) is 0.857. The molecule has 1 rings (SSSR count). The second-order valence-electron chi connectivity index (χ2n) is 3.32. The lowest BCUT2D eigenvalue weighted by molar-refractivity contribution is -0.120. The van der Waals surface area contributed by atoms with E-state index in [2.05, 4.69) is 5.32 Å². The summed E-state index contributed by atoms with van der Waals surface area (Å²) in [5.74, 6) is -0.971. The van der Waals surface area contributed by atoms with Crippen LogP contribution >= 0.6 is 0 Å². The lowest BCUT2D eigenvalue weighted by atomic mass is 9.96. The van der Waals surface area contributed by atoms with Gasteiger partial charge in [-0.15, -0.1) is 0 Å². The van der Waals surface area contributed by atoms with Crippen molar-refractivity contribution in [1.82, 2.24) is 5.32 Å². The van der Waals surface area contributed by atoms with Gasteiger partial charge in [-0.25, -0.2) is 13.6 Å². The van der Waals surface area contributed by atoms with E-state index in [1.807, 2.05) is 0 Å². The minimum atomic E-state index is -3.65. The van der Waals surface area contributed by atoms with E-state index in [0.717, 1.165) is 19.4 Å². The average Bonchev–Trinajstić information content (AvgIpc) is 2.03. The van der Waals surface area contributed by atoms with E-state index in [1.165, 1.54) is 0 Å². The van der Waals surface area contributed by atoms with Gasteiger partial charge >= 0.3 is 0 Å². The fourth-order valence-corrected chi connectivity index (χ4v) is 2.08. The molecule has 3 N–H and O–H groups in total. The highest BCUT2D eigenvalue weighted by Crippen LogP contribution is 2.11. The molecule has 1 aliphatic rings. The summed E-state index contributed by atoms with van der Waals surface area (Å²) in [6.45, 7) is 1.48. The van der Waals surface area contributed by atoms with Crippen LogP contribution < -0.4 is 10.5 Å². The van der Waals surface area contributed by atoms with Crippen molar-refractivity contribution in [2.45, 2.75) is 12.8 Å². The monoisotopic (exact) mass is 206 g/mol. The van der Waals surface area contributed by atoms with Crippen LogP contribution in [0.1, 0.15) is 12.8 Å². The molecule has 0 spiro atoms. The van der Waals surface area contributed by atoms with E-state index in [9.17, 15) is 13.2 Å². The first-order valence-corrected chi connectivity index (χ1v) is 5.94. The van der Waals surface area contributed by atoms with Crippen molar-refractivity contribution in [2.24, 2.45) is 11.1 Å². The molecule has 0 aliphatic carbocycles. The zero-order valence-electron chi connectivity index (χ0n) is 7.32. The average molecular weight is 206 g/mol. The highest BCUT2D eigenvalue weighted by molar-refractivity contribution is 7.89. The number of carbonyl (C=O) groups excluding carboxylic acids is 1. The molecule has 1 atom stereocenters. The van der Waals surface area contributed by atoms with Gasteiger partial charge < -0.3 is 5.32 Å². The minimum absolute atomic E-state index is 0.174. The number of sulfonamides is 1. The van der Waals surface area contributed by atoms with Gasteiger partial charge in [0.2, 0.25) is 10.0 Å². The van der Waals surface area contributed by atoms with Gasteiger partial charge in [0, 0.05) is 12.5 Å². The van der Waals surface area contributed by atoms with Crippen LogP contribution in [0.5, 0.6) is 0 Å². The standard InChI is InChI=1S/C7H14N2O3S/c8-13(11,12)5-7(10)6-2-1-3-9-4-6/h6,9H,1-5H2,(H2,8,11,12). The predicted molar refractivity (Wildman–Crippen MR) is 48.6 cm³/mol. The van der Waals surface area contributed by atoms with E-state index >= 15 is 0 Å². The first-order chi connectivity index (χ1) is 5.99. The van der Waals surface area contributed by atoms with Crippen molar-refractivity contribution in [1.29, 1.82) is 0 Å². The van der Waals surface area contributed by atoms with Crippen molar-refractivity contribution in [2.75, 3.05) is 18.8 Å². The van der Waals surface area contributed by atoms with Gasteiger partial charge in [0.25, 0.3) is 0 Å². The zero-order valence-corrected chi connectivity index (χ0v) is 8.14. The molecule has 13 heavy (non-hydrogen) atoms. The normalized spacial score (nSPS) is 24.2. The summed E-state index contributed by atoms with van der Waals surface area (Å²) in [5.41, 5.74) is 0. The third kappa shape index (κ3) is 3.84. The van der Waals surface area contributed by atoms with Crippen LogP contribution in [-0.4, -0.2) is 33.0 Å². The number of nitrogens with two attached hydrogens (primary N) is 1. The number of ketones is 1. The molecule has 0 aromatic rings. The smallest absolute Gasteiger partial charge is 0.216 e. The molecule has 0 amide bonds. The molecule has 0 radical (unpaired) electrons. The molecule has 1 saturated heterocycles. The van der Waals surface area contributed by atoms with Gasteiger partial charge in [0.1, 0.15) is 5.75 Å². The molecule has 0 bridgehead atoms. The summed E-state index contributed by atoms with van der Waals surface area (Å²) in [7, 11) is -3.65. The number of carbonyl (C=O) groups is 1. The van der Waals surface area contributed by atoms with Gasteiger partial charge in [-0.2, -0.15) is 0 Å². The molecule has 6 heteroatoms. The largest absolute Gasteiger partial charge is 0.316 e. The topological polar surface area (TPSA) is 89.3 Å². The Morgan fingerprint density at radius 1 is 1.54 bits per heavy atom. The second kappa shape index (κ2) is 4.17. The van der Waals surface area contributed by atoms with Crippen LogP contribution in [0.4, 0.5) is 0 Å². The molecule has 0 saturated carbocycles. The Balaban J connectivity index is 2.47. The van der Waals surface area contributed by atoms with Crippen molar-refractivity contribution in [3.05, 3.63) is 0 Å². The van der Waals surface area contributed by atoms with Crippen molar-refractivity contribution in [3.8, 4) is 0 Å². The van der Waals surface area contributed by atoms with Gasteiger partial charge in [0.15, 0.2) is 5.78 Å². The lowest BCUT2D eigenvalue weighted by Gasteiger charge is -2.20. The minimum Gasteiger partial charge on any atom is -0.316 e. The van der Waals surface area contributed by atoms with E-state index in [4.69, 9.17) is 5.14 Å². The Morgan fingerprint density at radius 3 is 2.69 bits per heavy atom. The number of primary sulfonamides is 1. The molecular formula is C7H14N2O3S. The Labute approximate surface area is 77.7 Å². The number of nitrogens with one attached hydrogen (secondary N) is 1. The van der Waals surface area contributed by atoms with Crippen molar-refractivity contribution in [3.63, 3.8) is 0 Å². The van der Waals surface area contributed by atoms with Crippen LogP contribution in [0.15, 0.2) is 0 Å². The Bertz CT molecular complexity index is 280. The van der Waals surface area contributed by atoms with Crippen LogP contribution in [0, 0.1) is 5.92 Å². The third-order valence-corrected chi connectivity index (χ3v) is 2.78. The summed E-state index contributed by atoms with van der Waals surface area (Å²) in [5, 5.41) is 7.82. The fourth-order valence-electron chi connectivity index (χ4n) is 1.44. The number of piperidine rings is 1. The Hall–Kier alpha value is -0.460. The molecule has 0 aromatic heterocycles. The highest BCUT2D eigenvalue weighted by atomic mass is 32.2. The van der Waals surface area contributed by atoms with Gasteiger partial charge in [0.05, 0.1) is 0 Å². The lowest BCUT2D eigenvalue weighted by Crippen LogP contribution is -2.38. The summed E-state index contributed by atoms with van der Waals surface area (Å²) in [6.07, 6.45) is 1.68. The first kappa shape index (κ1) is 10.6. The van der Waals surface area contributed by atoms with E-state index in [1.54, 1.807) is 0 Å². The summed E-state index contributed by atoms with van der Waals surface area (Å²) in [4.78, 5) is 11.3.